The summed E-state index contributed by atoms with van der Waals surface area (Å²) in [7, 11) is 0. The molecule has 19 heteroatoms. The molecule has 2 aliphatic heterocycles. The van der Waals surface area contributed by atoms with E-state index in [-0.39, 0.29) is 57.7 Å². The van der Waals surface area contributed by atoms with Crippen LogP contribution in [0, 0.1) is 34.5 Å². The van der Waals surface area contributed by atoms with E-state index in [4.69, 9.17) is 49.0 Å². The van der Waals surface area contributed by atoms with E-state index in [9.17, 15) is 32.9 Å². The number of carbonyl (C=O) groups is 3. The molecule has 0 N–H and O–H groups in total. The maximum absolute atomic E-state index is 15.3. The molecule has 3 amide bonds. The van der Waals surface area contributed by atoms with Crippen LogP contribution in [-0.2, 0) is 31.9 Å². The quantitative estimate of drug-likeness (QED) is 0.0401. The van der Waals surface area contributed by atoms with Gasteiger partial charge in [-0.1, -0.05) is 83.3 Å². The second-order valence-corrected chi connectivity index (χ2v) is 18.8. The molecule has 0 spiro atoms. The van der Waals surface area contributed by atoms with Gasteiger partial charge in [0.05, 0.1) is 31.9 Å². The van der Waals surface area contributed by atoms with E-state index in [2.05, 4.69) is 4.84 Å². The number of fused-ring (bicyclic) bond motifs is 2. The third kappa shape index (κ3) is 11.8. The molecule has 2 heterocycles. The number of piperazine rings is 1. The summed E-state index contributed by atoms with van der Waals surface area (Å²) in [6.45, 7) is 4.88. The standard InChI is InChI=1S/C45H50Cl3F3N4O9/c1-28-9-4-5-11-30(28)20-21-53(32-16-17-32)41(56)38-34(31-14-12-29(13-15-31)10-8-23-61-40-36(50)19-18-35(49)39(40)51)25-33-26-52(42(57)62-22-6-7-24-63-55(59)60)27-37(38)54(33)43(58)64-44(2,3)45(46,47)48/h4-5,9,11-15,18-19,32-33,37H,6-8,10,16-17,20-27H2,1-3H3. The third-order valence-corrected chi connectivity index (χ3v) is 13.0. The van der Waals surface area contributed by atoms with Crippen molar-refractivity contribution in [2.24, 2.45) is 0 Å². The van der Waals surface area contributed by atoms with Crippen molar-refractivity contribution in [3.05, 3.63) is 116 Å². The van der Waals surface area contributed by atoms with Gasteiger partial charge in [-0.3, -0.25) is 9.69 Å². The van der Waals surface area contributed by atoms with Gasteiger partial charge >= 0.3 is 12.2 Å². The normalized spacial score (nSPS) is 17.5. The van der Waals surface area contributed by atoms with Crippen molar-refractivity contribution in [1.29, 1.82) is 0 Å². The smallest absolute Gasteiger partial charge is 0.411 e. The summed E-state index contributed by atoms with van der Waals surface area (Å²) in [5.74, 6) is -4.69. The van der Waals surface area contributed by atoms with E-state index in [1.165, 1.54) is 23.6 Å². The summed E-state index contributed by atoms with van der Waals surface area (Å²) in [6, 6.07) is 15.1. The maximum Gasteiger partial charge on any atom is 0.411 e. The van der Waals surface area contributed by atoms with E-state index in [1.54, 1.807) is 0 Å². The van der Waals surface area contributed by atoms with Crippen molar-refractivity contribution >= 4 is 58.5 Å². The summed E-state index contributed by atoms with van der Waals surface area (Å²) in [5.41, 5.74) is 3.10. The maximum atomic E-state index is 15.3. The number of benzene rings is 3. The highest BCUT2D eigenvalue weighted by Gasteiger charge is 2.52. The highest BCUT2D eigenvalue weighted by molar-refractivity contribution is 6.68. The monoisotopic (exact) mass is 952 g/mol. The minimum absolute atomic E-state index is 0.00174. The molecule has 1 saturated heterocycles. The number of alkyl halides is 3. The number of rotatable bonds is 18. The Kier molecular flexibility index (Phi) is 15.9. The average Bonchev–Trinajstić information content (AvgIpc) is 4.08. The van der Waals surface area contributed by atoms with Gasteiger partial charge in [-0.15, -0.1) is 10.1 Å². The summed E-state index contributed by atoms with van der Waals surface area (Å²) in [5, 5.41) is 9.64. The Morgan fingerprint density at radius 1 is 0.875 bits per heavy atom. The van der Waals surface area contributed by atoms with Gasteiger partial charge in [0.15, 0.2) is 23.0 Å². The van der Waals surface area contributed by atoms with Crippen molar-refractivity contribution in [3.8, 4) is 5.75 Å². The molecule has 0 radical (unpaired) electrons. The number of halogens is 6. The van der Waals surface area contributed by atoms with Crippen LogP contribution in [0.1, 0.15) is 74.6 Å². The van der Waals surface area contributed by atoms with Crippen molar-refractivity contribution in [2.75, 3.05) is 39.5 Å². The SMILES string of the molecule is Cc1ccccc1CCN(C(=O)C1=C(c2ccc(CCCOc3c(F)ccc(F)c3F)cc2)CC2CN(C(=O)OCCCCO[N+](=O)[O-])CC1N2C(=O)OC(C)(C)C(Cl)(Cl)Cl)C1CC1. The van der Waals surface area contributed by atoms with Gasteiger partial charge in [-0.05, 0) is 112 Å². The van der Waals surface area contributed by atoms with Gasteiger partial charge in [0.1, 0.15) is 0 Å². The minimum atomic E-state index is -2.02. The topological polar surface area (TPSA) is 141 Å². The number of carbonyl (C=O) groups excluding carboxylic acids is 3. The molecule has 2 fully saturated rings. The van der Waals surface area contributed by atoms with Gasteiger partial charge < -0.3 is 28.8 Å². The first-order valence-electron chi connectivity index (χ1n) is 21.1. The molecule has 2 bridgehead atoms. The Morgan fingerprint density at radius 2 is 1.56 bits per heavy atom. The molecule has 3 aliphatic rings. The summed E-state index contributed by atoms with van der Waals surface area (Å²) < 4.78 is 56.6. The lowest BCUT2D eigenvalue weighted by molar-refractivity contribution is -0.757. The van der Waals surface area contributed by atoms with E-state index < -0.39 is 62.0 Å². The number of hydrogen-bond donors (Lipinski definition) is 0. The van der Waals surface area contributed by atoms with Crippen LogP contribution in [0.2, 0.25) is 0 Å². The predicted octanol–water partition coefficient (Wildman–Crippen LogP) is 9.58. The van der Waals surface area contributed by atoms with Gasteiger partial charge in [0, 0.05) is 31.2 Å². The molecule has 13 nitrogen and oxygen atoms in total. The van der Waals surface area contributed by atoms with Crippen molar-refractivity contribution in [1.82, 2.24) is 14.7 Å². The number of amides is 3. The molecule has 3 aromatic rings. The molecule has 2 atom stereocenters. The summed E-state index contributed by atoms with van der Waals surface area (Å²) in [6.07, 6.45) is 2.11. The summed E-state index contributed by atoms with van der Waals surface area (Å²) >= 11 is 18.8. The zero-order valence-corrected chi connectivity index (χ0v) is 37.9. The molecular formula is C45H50Cl3F3N4O9. The van der Waals surface area contributed by atoms with Crippen LogP contribution in [0.15, 0.2) is 66.2 Å². The zero-order valence-electron chi connectivity index (χ0n) is 35.6. The Morgan fingerprint density at radius 3 is 2.23 bits per heavy atom. The first kappa shape index (κ1) is 48.5. The van der Waals surface area contributed by atoms with Crippen LogP contribution in [0.5, 0.6) is 5.75 Å². The number of aryl methyl sites for hydroxylation is 2. The molecule has 2 unspecified atom stereocenters. The largest absolute Gasteiger partial charge is 0.488 e. The molecule has 6 rings (SSSR count). The molecule has 64 heavy (non-hydrogen) atoms. The molecule has 0 aromatic heterocycles. The van der Waals surface area contributed by atoms with Crippen LogP contribution >= 0.6 is 34.8 Å². The lowest BCUT2D eigenvalue weighted by Crippen LogP contribution is -2.66. The van der Waals surface area contributed by atoms with Crippen LogP contribution in [0.3, 0.4) is 0 Å². The van der Waals surface area contributed by atoms with E-state index in [0.717, 1.165) is 35.6 Å². The Labute approximate surface area is 384 Å². The Hall–Kier alpha value is -4.93. The number of hydrogen-bond acceptors (Lipinski definition) is 9. The number of ether oxygens (including phenoxy) is 3. The van der Waals surface area contributed by atoms with Crippen LogP contribution in [0.25, 0.3) is 5.57 Å². The average molecular weight is 954 g/mol. The second-order valence-electron chi connectivity index (χ2n) is 16.6. The van der Waals surface area contributed by atoms with Crippen molar-refractivity contribution in [2.45, 2.75) is 99.7 Å². The molecule has 1 aliphatic carbocycles. The third-order valence-electron chi connectivity index (χ3n) is 11.6. The zero-order chi connectivity index (χ0) is 46.3. The Bertz CT molecular complexity index is 2220. The second kappa shape index (κ2) is 20.9. The van der Waals surface area contributed by atoms with Crippen LogP contribution in [0.4, 0.5) is 22.8 Å². The fourth-order valence-electron chi connectivity index (χ4n) is 7.89. The first-order valence-corrected chi connectivity index (χ1v) is 22.2. The molecular weight excluding hydrogens is 904 g/mol. The fourth-order valence-corrected chi connectivity index (χ4v) is 8.00. The van der Waals surface area contributed by atoms with E-state index in [0.29, 0.717) is 55.0 Å². The highest BCUT2D eigenvalue weighted by atomic mass is 35.6. The van der Waals surface area contributed by atoms with Crippen molar-refractivity contribution in [3.63, 3.8) is 0 Å². The van der Waals surface area contributed by atoms with Crippen molar-refractivity contribution < 1.29 is 51.7 Å². The molecule has 346 valence electrons. The van der Waals surface area contributed by atoms with Gasteiger partial charge in [0.25, 0.3) is 11.0 Å². The van der Waals surface area contributed by atoms with Gasteiger partial charge in [-0.2, -0.15) is 4.39 Å². The van der Waals surface area contributed by atoms with Gasteiger partial charge in [-0.25, -0.2) is 18.4 Å². The summed E-state index contributed by atoms with van der Waals surface area (Å²) in [4.78, 5) is 63.0. The Balaban J connectivity index is 1.32. The van der Waals surface area contributed by atoms with Crippen LogP contribution < -0.4 is 4.74 Å². The van der Waals surface area contributed by atoms with Gasteiger partial charge in [0.2, 0.25) is 9.61 Å². The fraction of sp³-hybridized carbons (Fsp3) is 0.489. The number of unbranched alkanes of at least 4 members (excludes halogenated alkanes) is 1. The minimum Gasteiger partial charge on any atom is -0.488 e. The number of nitrogens with zero attached hydrogens (tertiary/aromatic N) is 4. The van der Waals surface area contributed by atoms with Crippen LogP contribution in [-0.4, -0.2) is 105 Å². The lowest BCUT2D eigenvalue weighted by atomic mass is 9.81. The molecule has 3 aromatic carbocycles. The predicted molar refractivity (Wildman–Crippen MR) is 233 cm³/mol. The first-order chi connectivity index (χ1) is 30.4. The van der Waals surface area contributed by atoms with E-state index in [1.807, 2.05) is 60.4 Å². The lowest BCUT2D eigenvalue weighted by Gasteiger charge is -2.51. The van der Waals surface area contributed by atoms with E-state index >= 15 is 4.79 Å². The molecule has 1 saturated carbocycles. The highest BCUT2D eigenvalue weighted by Crippen LogP contribution is 2.44.